The Morgan fingerprint density at radius 2 is 1.81 bits per heavy atom. The first-order valence-corrected chi connectivity index (χ1v) is 7.40. The molecule has 0 unspecified atom stereocenters. The van der Waals surface area contributed by atoms with Crippen molar-refractivity contribution in [2.45, 2.75) is 45.4 Å². The number of fused-ring (bicyclic) bond motifs is 1. The molecule has 0 bridgehead atoms. The van der Waals surface area contributed by atoms with Crippen LogP contribution in [0.1, 0.15) is 56.7 Å². The number of nitriles is 2. The van der Waals surface area contributed by atoms with Gasteiger partial charge in [0.1, 0.15) is 0 Å². The van der Waals surface area contributed by atoms with Gasteiger partial charge in [0.2, 0.25) is 0 Å². The molecule has 0 aliphatic rings. The zero-order valence-corrected chi connectivity index (χ0v) is 12.9. The van der Waals surface area contributed by atoms with Crippen molar-refractivity contribution in [2.75, 3.05) is 0 Å². The molecular weight excluding hydrogens is 256 g/mol. The van der Waals surface area contributed by atoms with E-state index in [1.54, 1.807) is 6.07 Å². The van der Waals surface area contributed by atoms with Gasteiger partial charge in [0.25, 0.3) is 0 Å². The van der Waals surface area contributed by atoms with Crippen molar-refractivity contribution in [1.82, 2.24) is 0 Å². The Bertz CT molecular complexity index is 742. The fourth-order valence-electron chi connectivity index (χ4n) is 2.70. The number of benzene rings is 2. The third kappa shape index (κ3) is 3.06. The molecule has 0 amide bonds. The van der Waals surface area contributed by atoms with E-state index in [-0.39, 0.29) is 5.41 Å². The highest BCUT2D eigenvalue weighted by atomic mass is 14.3. The van der Waals surface area contributed by atoms with Crippen LogP contribution in [-0.2, 0) is 5.41 Å². The lowest BCUT2D eigenvalue weighted by Gasteiger charge is -2.25. The largest absolute Gasteiger partial charge is 0.192 e. The zero-order chi connectivity index (χ0) is 15.5. The summed E-state index contributed by atoms with van der Waals surface area (Å²) < 4.78 is 0. The molecule has 2 heteroatoms. The van der Waals surface area contributed by atoms with Crippen LogP contribution in [0.15, 0.2) is 30.3 Å². The molecule has 0 aliphatic heterocycles. The van der Waals surface area contributed by atoms with Crippen LogP contribution >= 0.6 is 0 Å². The molecule has 0 aliphatic carbocycles. The molecule has 0 heterocycles. The monoisotopic (exact) mass is 276 g/mol. The Labute approximate surface area is 126 Å². The third-order valence-electron chi connectivity index (χ3n) is 4.14. The maximum absolute atomic E-state index is 9.33. The Morgan fingerprint density at radius 3 is 2.43 bits per heavy atom. The van der Waals surface area contributed by atoms with Crippen LogP contribution in [0.5, 0.6) is 0 Å². The molecule has 0 spiro atoms. The van der Waals surface area contributed by atoms with Gasteiger partial charge in [-0.05, 0) is 46.4 Å². The standard InChI is InChI=1S/C19H20N2/c1-4-5-8-19(2,3)17-7-6-15-9-14(12-20)10-16(13-21)18(15)11-17/h6-7,9-11H,4-5,8H2,1-3H3. The van der Waals surface area contributed by atoms with E-state index in [1.165, 1.54) is 18.4 Å². The van der Waals surface area contributed by atoms with Crippen LogP contribution < -0.4 is 0 Å². The van der Waals surface area contributed by atoms with E-state index in [4.69, 9.17) is 5.26 Å². The highest BCUT2D eigenvalue weighted by Crippen LogP contribution is 2.32. The second-order valence-corrected chi connectivity index (χ2v) is 6.17. The van der Waals surface area contributed by atoms with Crippen molar-refractivity contribution in [1.29, 1.82) is 10.5 Å². The second-order valence-electron chi connectivity index (χ2n) is 6.17. The lowest BCUT2D eigenvalue weighted by atomic mass is 9.79. The lowest BCUT2D eigenvalue weighted by Crippen LogP contribution is -2.16. The van der Waals surface area contributed by atoms with Crippen LogP contribution in [-0.4, -0.2) is 0 Å². The van der Waals surface area contributed by atoms with E-state index in [0.29, 0.717) is 11.1 Å². The van der Waals surface area contributed by atoms with E-state index in [1.807, 2.05) is 12.1 Å². The van der Waals surface area contributed by atoms with Gasteiger partial charge >= 0.3 is 0 Å². The maximum Gasteiger partial charge on any atom is 0.0998 e. The van der Waals surface area contributed by atoms with Crippen molar-refractivity contribution >= 4 is 10.8 Å². The summed E-state index contributed by atoms with van der Waals surface area (Å²) in [7, 11) is 0. The smallest absolute Gasteiger partial charge is 0.0998 e. The van der Waals surface area contributed by atoms with E-state index in [2.05, 4.69) is 45.0 Å². The Balaban J connectivity index is 2.57. The summed E-state index contributed by atoms with van der Waals surface area (Å²) >= 11 is 0. The van der Waals surface area contributed by atoms with Crippen LogP contribution in [0.3, 0.4) is 0 Å². The van der Waals surface area contributed by atoms with Gasteiger partial charge in [-0.1, -0.05) is 45.7 Å². The van der Waals surface area contributed by atoms with Crippen LogP contribution in [0.25, 0.3) is 10.8 Å². The van der Waals surface area contributed by atoms with Crippen molar-refractivity contribution in [3.63, 3.8) is 0 Å². The first kappa shape index (κ1) is 15.1. The molecule has 0 saturated carbocycles. The number of unbranched alkanes of at least 4 members (excludes halogenated alkanes) is 1. The average molecular weight is 276 g/mol. The summed E-state index contributed by atoms with van der Waals surface area (Å²) in [5.74, 6) is 0. The average Bonchev–Trinajstić information content (AvgIpc) is 2.51. The van der Waals surface area contributed by atoms with Gasteiger partial charge < -0.3 is 0 Å². The van der Waals surface area contributed by atoms with Crippen molar-refractivity contribution in [3.8, 4) is 12.1 Å². The molecule has 0 N–H and O–H groups in total. The van der Waals surface area contributed by atoms with Crippen molar-refractivity contribution < 1.29 is 0 Å². The summed E-state index contributed by atoms with van der Waals surface area (Å²) in [6, 6.07) is 14.1. The first-order valence-electron chi connectivity index (χ1n) is 7.40. The summed E-state index contributed by atoms with van der Waals surface area (Å²) in [5, 5.41) is 20.3. The predicted octanol–water partition coefficient (Wildman–Crippen LogP) is 5.05. The van der Waals surface area contributed by atoms with Gasteiger partial charge in [-0.3, -0.25) is 0 Å². The molecule has 0 atom stereocenters. The maximum atomic E-state index is 9.33. The Morgan fingerprint density at radius 1 is 1.05 bits per heavy atom. The third-order valence-corrected chi connectivity index (χ3v) is 4.14. The molecule has 106 valence electrons. The molecule has 2 aromatic carbocycles. The van der Waals surface area contributed by atoms with Gasteiger partial charge in [0.05, 0.1) is 23.3 Å². The summed E-state index contributed by atoms with van der Waals surface area (Å²) in [6.07, 6.45) is 3.52. The number of hydrogen-bond donors (Lipinski definition) is 0. The van der Waals surface area contributed by atoms with Crippen LogP contribution in [0.2, 0.25) is 0 Å². The fraction of sp³-hybridized carbons (Fsp3) is 0.368. The minimum Gasteiger partial charge on any atom is -0.192 e. The summed E-state index contributed by atoms with van der Waals surface area (Å²) in [6.45, 7) is 6.70. The molecule has 0 aromatic heterocycles. The van der Waals surface area contributed by atoms with E-state index < -0.39 is 0 Å². The van der Waals surface area contributed by atoms with Gasteiger partial charge in [-0.25, -0.2) is 0 Å². The number of hydrogen-bond acceptors (Lipinski definition) is 2. The number of rotatable bonds is 4. The highest BCUT2D eigenvalue weighted by molar-refractivity contribution is 5.90. The van der Waals surface area contributed by atoms with Gasteiger partial charge in [-0.15, -0.1) is 0 Å². The second kappa shape index (κ2) is 5.98. The minimum atomic E-state index is 0.102. The van der Waals surface area contributed by atoms with E-state index in [9.17, 15) is 5.26 Å². The van der Waals surface area contributed by atoms with Crippen molar-refractivity contribution in [3.05, 3.63) is 47.0 Å². The lowest BCUT2D eigenvalue weighted by molar-refractivity contribution is 0.458. The highest BCUT2D eigenvalue weighted by Gasteiger charge is 2.20. The number of nitrogens with zero attached hydrogens (tertiary/aromatic N) is 2. The van der Waals surface area contributed by atoms with Gasteiger partial charge in [-0.2, -0.15) is 10.5 Å². The topological polar surface area (TPSA) is 47.6 Å². The normalized spacial score (nSPS) is 11.1. The quantitative estimate of drug-likeness (QED) is 0.784. The molecule has 2 rings (SSSR count). The Kier molecular flexibility index (Phi) is 4.29. The molecule has 2 nitrogen and oxygen atoms in total. The molecule has 0 fully saturated rings. The van der Waals surface area contributed by atoms with Crippen LogP contribution in [0, 0.1) is 22.7 Å². The molecular formula is C19H20N2. The van der Waals surface area contributed by atoms with Crippen molar-refractivity contribution in [2.24, 2.45) is 0 Å². The fourth-order valence-corrected chi connectivity index (χ4v) is 2.70. The molecule has 21 heavy (non-hydrogen) atoms. The van der Waals surface area contributed by atoms with E-state index >= 15 is 0 Å². The molecule has 0 radical (unpaired) electrons. The predicted molar refractivity (Wildman–Crippen MR) is 85.9 cm³/mol. The van der Waals surface area contributed by atoms with E-state index in [0.717, 1.165) is 17.2 Å². The first-order chi connectivity index (χ1) is 10.0. The molecule has 2 aromatic rings. The Hall–Kier alpha value is -2.32. The summed E-state index contributed by atoms with van der Waals surface area (Å²) in [5.41, 5.74) is 2.48. The van der Waals surface area contributed by atoms with Gasteiger partial charge in [0, 0.05) is 0 Å². The molecule has 0 saturated heterocycles. The summed E-state index contributed by atoms with van der Waals surface area (Å²) in [4.78, 5) is 0. The SMILES string of the molecule is CCCCC(C)(C)c1ccc2cc(C#N)cc(C#N)c2c1. The minimum absolute atomic E-state index is 0.102. The van der Waals surface area contributed by atoms with Crippen LogP contribution in [0.4, 0.5) is 0 Å². The zero-order valence-electron chi connectivity index (χ0n) is 12.9. The van der Waals surface area contributed by atoms with Gasteiger partial charge in [0.15, 0.2) is 0 Å².